The molecule has 0 amide bonds. The number of rotatable bonds is 2. The monoisotopic (exact) mass is 378 g/mol. The molecule has 3 N–H and O–H groups in total. The summed E-state index contributed by atoms with van der Waals surface area (Å²) < 4.78 is 16.8. The van der Waals surface area contributed by atoms with Crippen LogP contribution in [0.25, 0.3) is 0 Å². The Morgan fingerprint density at radius 3 is 2.67 bits per heavy atom. The molecule has 0 aromatic rings. The van der Waals surface area contributed by atoms with Crippen molar-refractivity contribution in [3.05, 3.63) is 23.8 Å². The summed E-state index contributed by atoms with van der Waals surface area (Å²) in [6.07, 6.45) is 5.50. The van der Waals surface area contributed by atoms with Crippen molar-refractivity contribution in [3.8, 4) is 0 Å². The standard InChI is InChI=1S/C22H31FO4/c1-12-8-16-15-5-4-13-9-14(25)6-7-21(13,3)22(15,23)18(27)10-20(16,2)19(12)17(26)11-24/h6-7,9,12,14-16,18-19,24-25,27H,4-5,8,10-11H2,1-3H3/t12-,14?,15+,16+,18+,19-,20+,21+,22+/m1/s1. The van der Waals surface area contributed by atoms with E-state index in [2.05, 4.69) is 0 Å². The van der Waals surface area contributed by atoms with Gasteiger partial charge in [-0.3, -0.25) is 4.79 Å². The average molecular weight is 378 g/mol. The summed E-state index contributed by atoms with van der Waals surface area (Å²) in [5.74, 6) is -0.788. The Morgan fingerprint density at radius 2 is 2.00 bits per heavy atom. The predicted octanol–water partition coefficient (Wildman–Crippen LogP) is 2.57. The molecule has 5 heteroatoms. The summed E-state index contributed by atoms with van der Waals surface area (Å²) in [5, 5.41) is 30.5. The summed E-state index contributed by atoms with van der Waals surface area (Å²) in [6.45, 7) is 5.37. The number of aliphatic hydroxyl groups is 3. The second-order valence-electron chi connectivity index (χ2n) is 9.80. The third-order valence-corrected chi connectivity index (χ3v) is 8.58. The lowest BCUT2D eigenvalue weighted by atomic mass is 9.45. The molecule has 4 rings (SSSR count). The average Bonchev–Trinajstić information content (AvgIpc) is 2.86. The van der Waals surface area contributed by atoms with Gasteiger partial charge in [0.2, 0.25) is 0 Å². The number of alkyl halides is 1. The first-order chi connectivity index (χ1) is 12.6. The molecule has 0 spiro atoms. The number of carbonyl (C=O) groups excluding carboxylic acids is 1. The third-order valence-electron chi connectivity index (χ3n) is 8.58. The van der Waals surface area contributed by atoms with Crippen LogP contribution in [0.2, 0.25) is 0 Å². The van der Waals surface area contributed by atoms with E-state index in [1.165, 1.54) is 0 Å². The van der Waals surface area contributed by atoms with Gasteiger partial charge in [0.1, 0.15) is 6.61 Å². The summed E-state index contributed by atoms with van der Waals surface area (Å²) in [7, 11) is 0. The van der Waals surface area contributed by atoms with Crippen LogP contribution in [0, 0.1) is 34.5 Å². The Bertz CT molecular complexity index is 717. The van der Waals surface area contributed by atoms with Gasteiger partial charge in [0.25, 0.3) is 0 Å². The maximum atomic E-state index is 16.8. The first-order valence-corrected chi connectivity index (χ1v) is 10.2. The Labute approximate surface area is 160 Å². The molecule has 150 valence electrons. The van der Waals surface area contributed by atoms with Crippen LogP contribution in [0.5, 0.6) is 0 Å². The molecule has 0 aromatic heterocycles. The first-order valence-electron chi connectivity index (χ1n) is 10.2. The SMILES string of the molecule is C[C@@H]1C[C@H]2[C@@H]3CCC4=CC(O)C=C[C@]4(C)[C@@]3(F)[C@@H](O)C[C@]2(C)[C@H]1C(=O)CO. The molecule has 0 bridgehead atoms. The molecular formula is C22H31FO4. The Hall–Kier alpha value is -1.04. The van der Waals surface area contributed by atoms with E-state index < -0.39 is 35.3 Å². The van der Waals surface area contributed by atoms with E-state index in [1.54, 1.807) is 18.2 Å². The summed E-state index contributed by atoms with van der Waals surface area (Å²) in [6, 6.07) is 0. The highest BCUT2D eigenvalue weighted by Crippen LogP contribution is 2.69. The molecule has 4 aliphatic rings. The van der Waals surface area contributed by atoms with Gasteiger partial charge in [-0.25, -0.2) is 4.39 Å². The topological polar surface area (TPSA) is 77.8 Å². The number of Topliss-reactive ketones (excluding diaryl/α,β-unsaturated/α-hetero) is 1. The van der Waals surface area contributed by atoms with E-state index in [-0.39, 0.29) is 35.9 Å². The normalized spacial score (nSPS) is 54.0. The molecule has 1 unspecified atom stereocenters. The fourth-order valence-electron chi connectivity index (χ4n) is 7.48. The van der Waals surface area contributed by atoms with Crippen LogP contribution in [-0.4, -0.2) is 45.6 Å². The van der Waals surface area contributed by atoms with Crippen molar-refractivity contribution >= 4 is 5.78 Å². The molecule has 4 nitrogen and oxygen atoms in total. The highest BCUT2D eigenvalue weighted by Gasteiger charge is 2.71. The maximum absolute atomic E-state index is 16.8. The van der Waals surface area contributed by atoms with Crippen molar-refractivity contribution in [3.63, 3.8) is 0 Å². The van der Waals surface area contributed by atoms with Gasteiger partial charge >= 0.3 is 0 Å². The van der Waals surface area contributed by atoms with Gasteiger partial charge in [0.05, 0.1) is 12.2 Å². The number of allylic oxidation sites excluding steroid dienone is 2. The number of halogens is 1. The molecule has 9 atom stereocenters. The lowest BCUT2D eigenvalue weighted by molar-refractivity contribution is -0.196. The second-order valence-corrected chi connectivity index (χ2v) is 9.80. The number of hydrogen-bond donors (Lipinski definition) is 3. The number of ketones is 1. The maximum Gasteiger partial charge on any atom is 0.162 e. The van der Waals surface area contributed by atoms with Crippen LogP contribution >= 0.6 is 0 Å². The van der Waals surface area contributed by atoms with Crippen molar-refractivity contribution in [1.29, 1.82) is 0 Å². The van der Waals surface area contributed by atoms with E-state index in [9.17, 15) is 20.1 Å². The minimum atomic E-state index is -1.81. The van der Waals surface area contributed by atoms with Crippen molar-refractivity contribution in [2.24, 2.45) is 34.5 Å². The number of hydrogen-bond acceptors (Lipinski definition) is 4. The van der Waals surface area contributed by atoms with Crippen LogP contribution in [0.4, 0.5) is 4.39 Å². The summed E-state index contributed by atoms with van der Waals surface area (Å²) >= 11 is 0. The van der Waals surface area contributed by atoms with Crippen molar-refractivity contribution in [1.82, 2.24) is 0 Å². The fourth-order valence-corrected chi connectivity index (χ4v) is 7.48. The molecule has 27 heavy (non-hydrogen) atoms. The molecular weight excluding hydrogens is 347 g/mol. The fraction of sp³-hybridized carbons (Fsp3) is 0.773. The van der Waals surface area contributed by atoms with Gasteiger partial charge in [-0.1, -0.05) is 37.6 Å². The zero-order valence-electron chi connectivity index (χ0n) is 16.4. The Morgan fingerprint density at radius 1 is 1.30 bits per heavy atom. The van der Waals surface area contributed by atoms with Gasteiger partial charge in [0, 0.05) is 17.3 Å². The highest BCUT2D eigenvalue weighted by atomic mass is 19.1. The zero-order valence-corrected chi connectivity index (χ0v) is 16.4. The number of aliphatic hydroxyl groups excluding tert-OH is 3. The Kier molecular flexibility index (Phi) is 4.27. The molecule has 0 aromatic carbocycles. The first kappa shape index (κ1) is 19.3. The van der Waals surface area contributed by atoms with Crippen LogP contribution in [0.3, 0.4) is 0 Å². The van der Waals surface area contributed by atoms with Crippen molar-refractivity contribution in [2.75, 3.05) is 6.61 Å². The minimum absolute atomic E-state index is 0.0000231. The van der Waals surface area contributed by atoms with Gasteiger partial charge in [-0.05, 0) is 49.9 Å². The van der Waals surface area contributed by atoms with Gasteiger partial charge in [0.15, 0.2) is 11.5 Å². The van der Waals surface area contributed by atoms with E-state index in [0.717, 1.165) is 12.0 Å². The zero-order chi connectivity index (χ0) is 19.8. The molecule has 3 fully saturated rings. The van der Waals surface area contributed by atoms with Crippen molar-refractivity contribution in [2.45, 2.75) is 64.3 Å². The van der Waals surface area contributed by atoms with Crippen molar-refractivity contribution < 1.29 is 24.5 Å². The number of fused-ring (bicyclic) bond motifs is 5. The van der Waals surface area contributed by atoms with Gasteiger partial charge < -0.3 is 15.3 Å². The molecule has 0 saturated heterocycles. The van der Waals surface area contributed by atoms with Gasteiger partial charge in [-0.2, -0.15) is 0 Å². The lowest BCUT2D eigenvalue weighted by Gasteiger charge is -2.62. The van der Waals surface area contributed by atoms with E-state index >= 15 is 4.39 Å². The summed E-state index contributed by atoms with van der Waals surface area (Å²) in [5.41, 5.74) is -2.37. The largest absolute Gasteiger partial charge is 0.390 e. The molecule has 0 aliphatic heterocycles. The molecule has 0 heterocycles. The minimum Gasteiger partial charge on any atom is -0.390 e. The van der Waals surface area contributed by atoms with Gasteiger partial charge in [-0.15, -0.1) is 0 Å². The molecule has 3 saturated carbocycles. The lowest BCUT2D eigenvalue weighted by Crippen LogP contribution is -2.66. The van der Waals surface area contributed by atoms with Crippen LogP contribution in [-0.2, 0) is 4.79 Å². The third kappa shape index (κ3) is 2.28. The highest BCUT2D eigenvalue weighted by molar-refractivity contribution is 5.83. The predicted molar refractivity (Wildman–Crippen MR) is 99.5 cm³/mol. The van der Waals surface area contributed by atoms with Crippen LogP contribution < -0.4 is 0 Å². The second kappa shape index (κ2) is 5.98. The van der Waals surface area contributed by atoms with Crippen LogP contribution in [0.15, 0.2) is 23.8 Å². The van der Waals surface area contributed by atoms with E-state index in [4.69, 9.17) is 0 Å². The molecule has 4 aliphatic carbocycles. The quantitative estimate of drug-likeness (QED) is 0.646. The number of carbonyl (C=O) groups is 1. The smallest absolute Gasteiger partial charge is 0.162 e. The van der Waals surface area contributed by atoms with E-state index in [0.29, 0.717) is 12.8 Å². The Balaban J connectivity index is 1.79. The van der Waals surface area contributed by atoms with E-state index in [1.807, 2.05) is 20.8 Å². The van der Waals surface area contributed by atoms with Crippen LogP contribution in [0.1, 0.15) is 46.5 Å². The molecule has 0 radical (unpaired) electrons. The summed E-state index contributed by atoms with van der Waals surface area (Å²) in [4.78, 5) is 12.5.